The molecule has 5 nitrogen and oxygen atoms in total. The molecule has 1 N–H and O–H groups in total. The van der Waals surface area contributed by atoms with Crippen molar-refractivity contribution in [3.8, 4) is 0 Å². The number of hydrogen-bond donors (Lipinski definition) is 1. The minimum atomic E-state index is -0.575. The van der Waals surface area contributed by atoms with Crippen LogP contribution < -0.4 is 0 Å². The number of aliphatic hydroxyl groups is 1. The summed E-state index contributed by atoms with van der Waals surface area (Å²) in [6, 6.07) is 4.44. The average molecular weight is 379 g/mol. The molecule has 6 heteroatoms. The highest BCUT2D eigenvalue weighted by Crippen LogP contribution is 2.40. The summed E-state index contributed by atoms with van der Waals surface area (Å²) < 4.78 is 6.13. The molecule has 3 saturated heterocycles. The van der Waals surface area contributed by atoms with Crippen LogP contribution in [0.4, 0.5) is 0 Å². The second-order valence-electron chi connectivity index (χ2n) is 8.49. The van der Waals surface area contributed by atoms with Gasteiger partial charge in [0.15, 0.2) is 0 Å². The second kappa shape index (κ2) is 7.23. The topological polar surface area (TPSA) is 53.0 Å². The van der Waals surface area contributed by atoms with Gasteiger partial charge in [0, 0.05) is 38.6 Å². The van der Waals surface area contributed by atoms with Gasteiger partial charge in [-0.15, -0.1) is 11.3 Å². The first kappa shape index (κ1) is 18.4. The molecule has 0 aliphatic carbocycles. The third-order valence-corrected chi connectivity index (χ3v) is 7.32. The standard InChI is InChI=1S/C20H30N2O3S/c1-19(24)8-13-25-20(15-19)6-11-21(12-7-20)16-4-9-22(10-5-16)18(23)17-3-2-14-26-17/h2-3,14,16,24H,4-13,15H2,1H3. The Morgan fingerprint density at radius 1 is 1.23 bits per heavy atom. The number of likely N-dealkylation sites (tertiary alicyclic amines) is 2. The smallest absolute Gasteiger partial charge is 0.263 e. The molecule has 26 heavy (non-hydrogen) atoms. The lowest BCUT2D eigenvalue weighted by atomic mass is 9.77. The fourth-order valence-corrected chi connectivity index (χ4v) is 5.62. The van der Waals surface area contributed by atoms with Gasteiger partial charge in [0.25, 0.3) is 5.91 Å². The quantitative estimate of drug-likeness (QED) is 0.860. The molecule has 3 fully saturated rings. The van der Waals surface area contributed by atoms with Crippen molar-refractivity contribution in [3.63, 3.8) is 0 Å². The van der Waals surface area contributed by atoms with Gasteiger partial charge in [0.1, 0.15) is 0 Å². The molecule has 1 spiro atoms. The largest absolute Gasteiger partial charge is 0.390 e. The zero-order chi connectivity index (χ0) is 18.2. The Labute approximate surface area is 159 Å². The molecule has 144 valence electrons. The number of carbonyl (C=O) groups is 1. The van der Waals surface area contributed by atoms with Gasteiger partial charge in [-0.3, -0.25) is 4.79 Å². The first-order valence-corrected chi connectivity index (χ1v) is 10.8. The average Bonchev–Trinajstić information content (AvgIpc) is 3.16. The lowest BCUT2D eigenvalue weighted by Crippen LogP contribution is -2.56. The molecule has 0 bridgehead atoms. The van der Waals surface area contributed by atoms with Crippen molar-refractivity contribution in [1.29, 1.82) is 0 Å². The van der Waals surface area contributed by atoms with Gasteiger partial charge in [-0.1, -0.05) is 6.07 Å². The Kier molecular flexibility index (Phi) is 5.12. The maximum atomic E-state index is 12.5. The Bertz CT molecular complexity index is 615. The van der Waals surface area contributed by atoms with Crippen LogP contribution in [0.3, 0.4) is 0 Å². The lowest BCUT2D eigenvalue weighted by Gasteiger charge is -2.50. The second-order valence-corrected chi connectivity index (χ2v) is 9.44. The van der Waals surface area contributed by atoms with Gasteiger partial charge in [-0.2, -0.15) is 0 Å². The zero-order valence-corrected chi connectivity index (χ0v) is 16.5. The van der Waals surface area contributed by atoms with Crippen LogP contribution in [0, 0.1) is 0 Å². The normalized spacial score (nSPS) is 30.6. The summed E-state index contributed by atoms with van der Waals surface area (Å²) in [5.74, 6) is 0.189. The Balaban J connectivity index is 1.28. The van der Waals surface area contributed by atoms with E-state index in [9.17, 15) is 9.90 Å². The number of hydrogen-bond acceptors (Lipinski definition) is 5. The Morgan fingerprint density at radius 2 is 1.96 bits per heavy atom. The predicted octanol–water partition coefficient (Wildman–Crippen LogP) is 2.75. The van der Waals surface area contributed by atoms with Gasteiger partial charge in [-0.05, 0) is 50.5 Å². The Hall–Kier alpha value is -0.950. The SMILES string of the molecule is CC1(O)CCOC2(CCN(C3CCN(C(=O)c4cccs4)CC3)CC2)C1. The molecule has 3 aliphatic rings. The molecule has 0 radical (unpaired) electrons. The highest BCUT2D eigenvalue weighted by Gasteiger charge is 2.45. The van der Waals surface area contributed by atoms with Crippen molar-refractivity contribution >= 4 is 17.2 Å². The monoisotopic (exact) mass is 378 g/mol. The van der Waals surface area contributed by atoms with E-state index >= 15 is 0 Å². The number of carbonyl (C=O) groups excluding carboxylic acids is 1. The summed E-state index contributed by atoms with van der Waals surface area (Å²) in [6.07, 6.45) is 5.65. The maximum Gasteiger partial charge on any atom is 0.263 e. The summed E-state index contributed by atoms with van der Waals surface area (Å²) in [6.45, 7) is 6.42. The minimum Gasteiger partial charge on any atom is -0.390 e. The Morgan fingerprint density at radius 3 is 2.58 bits per heavy atom. The van der Waals surface area contributed by atoms with E-state index < -0.39 is 5.60 Å². The van der Waals surface area contributed by atoms with Crippen LogP contribution >= 0.6 is 11.3 Å². The van der Waals surface area contributed by atoms with Crippen molar-refractivity contribution in [1.82, 2.24) is 9.80 Å². The lowest BCUT2D eigenvalue weighted by molar-refractivity contribution is -0.175. The molecular formula is C20H30N2O3S. The van der Waals surface area contributed by atoms with Crippen molar-refractivity contribution in [2.24, 2.45) is 0 Å². The third kappa shape index (κ3) is 3.84. The summed E-state index contributed by atoms with van der Waals surface area (Å²) in [5.41, 5.74) is -0.692. The molecular weight excluding hydrogens is 348 g/mol. The number of piperidine rings is 2. The maximum absolute atomic E-state index is 12.5. The number of ether oxygens (including phenoxy) is 1. The molecule has 1 amide bonds. The first-order chi connectivity index (χ1) is 12.5. The summed E-state index contributed by atoms with van der Waals surface area (Å²) in [5, 5.41) is 12.4. The molecule has 1 aromatic heterocycles. The summed E-state index contributed by atoms with van der Waals surface area (Å²) >= 11 is 1.53. The molecule has 0 saturated carbocycles. The van der Waals surface area contributed by atoms with E-state index in [1.54, 1.807) is 0 Å². The van der Waals surface area contributed by atoms with E-state index in [1.807, 2.05) is 29.3 Å². The third-order valence-electron chi connectivity index (χ3n) is 6.46. The molecule has 4 heterocycles. The van der Waals surface area contributed by atoms with Crippen LogP contribution in [-0.2, 0) is 4.74 Å². The first-order valence-electron chi connectivity index (χ1n) is 9.90. The fraction of sp³-hybridized carbons (Fsp3) is 0.750. The van der Waals surface area contributed by atoms with E-state index in [-0.39, 0.29) is 11.5 Å². The van der Waals surface area contributed by atoms with Crippen molar-refractivity contribution < 1.29 is 14.6 Å². The van der Waals surface area contributed by atoms with Crippen LogP contribution in [0.15, 0.2) is 17.5 Å². The van der Waals surface area contributed by atoms with Crippen molar-refractivity contribution in [3.05, 3.63) is 22.4 Å². The number of rotatable bonds is 2. The highest BCUT2D eigenvalue weighted by atomic mass is 32.1. The van der Waals surface area contributed by atoms with Gasteiger partial charge in [0.05, 0.1) is 22.7 Å². The van der Waals surface area contributed by atoms with Crippen LogP contribution in [0.25, 0.3) is 0 Å². The van der Waals surface area contributed by atoms with E-state index in [0.29, 0.717) is 12.6 Å². The summed E-state index contributed by atoms with van der Waals surface area (Å²) in [7, 11) is 0. The molecule has 3 aliphatic heterocycles. The van der Waals surface area contributed by atoms with Gasteiger partial charge in [-0.25, -0.2) is 0 Å². The number of amides is 1. The molecule has 0 aromatic carbocycles. The van der Waals surface area contributed by atoms with Crippen LogP contribution in [-0.4, -0.2) is 70.8 Å². The number of thiophene rings is 1. The zero-order valence-electron chi connectivity index (χ0n) is 15.7. The van der Waals surface area contributed by atoms with E-state index in [4.69, 9.17) is 4.74 Å². The van der Waals surface area contributed by atoms with E-state index in [2.05, 4.69) is 4.90 Å². The summed E-state index contributed by atoms with van der Waals surface area (Å²) in [4.78, 5) is 17.9. The van der Waals surface area contributed by atoms with Crippen LogP contribution in [0.2, 0.25) is 0 Å². The van der Waals surface area contributed by atoms with Gasteiger partial charge >= 0.3 is 0 Å². The molecule has 1 aromatic rings. The van der Waals surface area contributed by atoms with E-state index in [1.165, 1.54) is 11.3 Å². The molecule has 4 rings (SSSR count). The van der Waals surface area contributed by atoms with E-state index in [0.717, 1.165) is 69.6 Å². The molecule has 1 atom stereocenters. The van der Waals surface area contributed by atoms with Crippen LogP contribution in [0.1, 0.15) is 55.1 Å². The highest BCUT2D eigenvalue weighted by molar-refractivity contribution is 7.12. The number of nitrogens with zero attached hydrogens (tertiary/aromatic N) is 2. The van der Waals surface area contributed by atoms with Gasteiger partial charge in [0.2, 0.25) is 0 Å². The van der Waals surface area contributed by atoms with Crippen molar-refractivity contribution in [2.45, 2.75) is 62.7 Å². The fourth-order valence-electron chi connectivity index (χ4n) is 4.93. The van der Waals surface area contributed by atoms with Crippen molar-refractivity contribution in [2.75, 3.05) is 32.8 Å². The van der Waals surface area contributed by atoms with Crippen LogP contribution in [0.5, 0.6) is 0 Å². The minimum absolute atomic E-state index is 0.117. The van der Waals surface area contributed by atoms with Gasteiger partial charge < -0.3 is 19.6 Å². The predicted molar refractivity (Wildman–Crippen MR) is 103 cm³/mol. The molecule has 1 unspecified atom stereocenters.